The number of rotatable bonds is 9. The Labute approximate surface area is 176 Å². The third kappa shape index (κ3) is 5.48. The van der Waals surface area contributed by atoms with Crippen molar-refractivity contribution >= 4 is 5.91 Å². The lowest BCUT2D eigenvalue weighted by molar-refractivity contribution is 0.0938. The van der Waals surface area contributed by atoms with Crippen LogP contribution in [0.15, 0.2) is 65.3 Å². The second kappa shape index (κ2) is 9.13. The highest BCUT2D eigenvalue weighted by Crippen LogP contribution is 2.31. The molecule has 1 saturated carbocycles. The molecule has 0 radical (unpaired) electrons. The minimum atomic E-state index is -0.205. The molecule has 6 nitrogen and oxygen atoms in total. The number of oxazole rings is 1. The second-order valence-corrected chi connectivity index (χ2v) is 7.95. The van der Waals surface area contributed by atoms with Crippen LogP contribution >= 0.6 is 0 Å². The molecule has 6 heteroatoms. The van der Waals surface area contributed by atoms with Gasteiger partial charge in [-0.25, -0.2) is 4.98 Å². The number of nitrogens with one attached hydrogen (secondary N) is 1. The number of nitrogens with zero attached hydrogens (tertiary/aromatic N) is 2. The van der Waals surface area contributed by atoms with Crippen LogP contribution < -0.4 is 10.1 Å². The zero-order valence-electron chi connectivity index (χ0n) is 17.4. The largest absolute Gasteiger partial charge is 0.457 e. The van der Waals surface area contributed by atoms with E-state index >= 15 is 0 Å². The van der Waals surface area contributed by atoms with Crippen LogP contribution in [0.25, 0.3) is 0 Å². The quantitative estimate of drug-likeness (QED) is 0.555. The van der Waals surface area contributed by atoms with Gasteiger partial charge in [0.05, 0.1) is 6.54 Å². The number of para-hydroxylation sites is 1. The summed E-state index contributed by atoms with van der Waals surface area (Å²) in [5.41, 5.74) is 1.49. The van der Waals surface area contributed by atoms with Crippen LogP contribution in [0.4, 0.5) is 0 Å². The molecule has 1 amide bonds. The summed E-state index contributed by atoms with van der Waals surface area (Å²) in [6, 6.07) is 18.5. The molecule has 0 saturated heterocycles. The van der Waals surface area contributed by atoms with Gasteiger partial charge >= 0.3 is 0 Å². The SMILES string of the molecule is CC(C)NC(=O)c1coc(CN(Cc2cccc(Oc3ccccc3)c2)C2CC2)n1. The van der Waals surface area contributed by atoms with Crippen molar-refractivity contribution in [3.8, 4) is 11.5 Å². The molecule has 0 unspecified atom stereocenters. The first-order valence-electron chi connectivity index (χ1n) is 10.4. The van der Waals surface area contributed by atoms with Gasteiger partial charge in [-0.3, -0.25) is 9.69 Å². The number of amides is 1. The molecule has 1 aromatic heterocycles. The van der Waals surface area contributed by atoms with Crippen molar-refractivity contribution in [3.63, 3.8) is 0 Å². The van der Waals surface area contributed by atoms with Crippen LogP contribution in [-0.4, -0.2) is 27.9 Å². The maximum absolute atomic E-state index is 12.1. The van der Waals surface area contributed by atoms with Gasteiger partial charge < -0.3 is 14.5 Å². The van der Waals surface area contributed by atoms with Crippen LogP contribution in [0, 0.1) is 0 Å². The maximum atomic E-state index is 12.1. The predicted molar refractivity (Wildman–Crippen MR) is 114 cm³/mol. The summed E-state index contributed by atoms with van der Waals surface area (Å²) in [5.74, 6) is 2.00. The molecular formula is C24H27N3O3. The molecule has 0 spiro atoms. The molecular weight excluding hydrogens is 378 g/mol. The van der Waals surface area contributed by atoms with E-state index in [0.29, 0.717) is 24.2 Å². The van der Waals surface area contributed by atoms with E-state index in [1.165, 1.54) is 24.7 Å². The first-order valence-corrected chi connectivity index (χ1v) is 10.4. The number of benzene rings is 2. The maximum Gasteiger partial charge on any atom is 0.273 e. The molecule has 1 aliphatic rings. The van der Waals surface area contributed by atoms with Crippen molar-refractivity contribution in [2.45, 2.75) is 51.9 Å². The van der Waals surface area contributed by atoms with E-state index in [0.717, 1.165) is 18.0 Å². The molecule has 1 fully saturated rings. The Morgan fingerprint density at radius 1 is 1.13 bits per heavy atom. The van der Waals surface area contributed by atoms with Gasteiger partial charge in [0, 0.05) is 18.6 Å². The lowest BCUT2D eigenvalue weighted by Crippen LogP contribution is -2.30. The summed E-state index contributed by atoms with van der Waals surface area (Å²) in [6.07, 6.45) is 3.77. The average molecular weight is 405 g/mol. The molecule has 1 heterocycles. The van der Waals surface area contributed by atoms with Gasteiger partial charge in [0.15, 0.2) is 5.69 Å². The van der Waals surface area contributed by atoms with Crippen molar-refractivity contribution in [3.05, 3.63) is 78.0 Å². The van der Waals surface area contributed by atoms with E-state index in [9.17, 15) is 4.79 Å². The van der Waals surface area contributed by atoms with Crippen LogP contribution in [0.2, 0.25) is 0 Å². The number of hydrogen-bond acceptors (Lipinski definition) is 5. The number of carbonyl (C=O) groups is 1. The summed E-state index contributed by atoms with van der Waals surface area (Å²) in [6.45, 7) is 5.18. The predicted octanol–water partition coefficient (Wildman–Crippen LogP) is 4.77. The van der Waals surface area contributed by atoms with E-state index in [1.54, 1.807) is 0 Å². The molecule has 3 aromatic rings. The smallest absolute Gasteiger partial charge is 0.273 e. The molecule has 156 valence electrons. The molecule has 0 atom stereocenters. The molecule has 2 aromatic carbocycles. The topological polar surface area (TPSA) is 67.6 Å². The molecule has 0 bridgehead atoms. The minimum Gasteiger partial charge on any atom is -0.457 e. The molecule has 0 aliphatic heterocycles. The van der Waals surface area contributed by atoms with E-state index in [4.69, 9.17) is 9.15 Å². The number of hydrogen-bond donors (Lipinski definition) is 1. The Balaban J connectivity index is 1.42. The monoisotopic (exact) mass is 405 g/mol. The summed E-state index contributed by atoms with van der Waals surface area (Å²) in [5, 5.41) is 2.84. The Morgan fingerprint density at radius 2 is 1.90 bits per heavy atom. The highest BCUT2D eigenvalue weighted by atomic mass is 16.5. The first kappa shape index (κ1) is 20.2. The summed E-state index contributed by atoms with van der Waals surface area (Å²) >= 11 is 0. The average Bonchev–Trinajstić information content (AvgIpc) is 3.47. The number of carbonyl (C=O) groups excluding carboxylic acids is 1. The third-order valence-electron chi connectivity index (χ3n) is 4.87. The van der Waals surface area contributed by atoms with E-state index in [2.05, 4.69) is 27.3 Å². The van der Waals surface area contributed by atoms with E-state index in [-0.39, 0.29) is 11.9 Å². The van der Waals surface area contributed by atoms with Crippen LogP contribution in [0.5, 0.6) is 11.5 Å². The van der Waals surface area contributed by atoms with Crippen molar-refractivity contribution in [1.82, 2.24) is 15.2 Å². The van der Waals surface area contributed by atoms with Gasteiger partial charge in [0.25, 0.3) is 5.91 Å². The van der Waals surface area contributed by atoms with Gasteiger partial charge in [-0.1, -0.05) is 30.3 Å². The number of ether oxygens (including phenoxy) is 1. The zero-order chi connectivity index (χ0) is 20.9. The first-order chi connectivity index (χ1) is 14.6. The Kier molecular flexibility index (Phi) is 6.14. The lowest BCUT2D eigenvalue weighted by atomic mass is 10.2. The highest BCUT2D eigenvalue weighted by Gasteiger charge is 2.30. The fourth-order valence-corrected chi connectivity index (χ4v) is 3.32. The highest BCUT2D eigenvalue weighted by molar-refractivity contribution is 5.92. The van der Waals surface area contributed by atoms with Crippen LogP contribution in [0.1, 0.15) is 48.6 Å². The van der Waals surface area contributed by atoms with Gasteiger partial charge in [0.1, 0.15) is 17.8 Å². The van der Waals surface area contributed by atoms with Crippen LogP contribution in [0.3, 0.4) is 0 Å². The van der Waals surface area contributed by atoms with E-state index in [1.807, 2.05) is 56.3 Å². The van der Waals surface area contributed by atoms with Gasteiger partial charge in [-0.05, 0) is 56.5 Å². The second-order valence-electron chi connectivity index (χ2n) is 7.95. The van der Waals surface area contributed by atoms with Crippen molar-refractivity contribution in [1.29, 1.82) is 0 Å². The Hall–Kier alpha value is -3.12. The van der Waals surface area contributed by atoms with Gasteiger partial charge in [0.2, 0.25) is 5.89 Å². The normalized spacial score (nSPS) is 13.6. The summed E-state index contributed by atoms with van der Waals surface area (Å²) < 4.78 is 11.5. The van der Waals surface area contributed by atoms with Crippen molar-refractivity contribution in [2.75, 3.05) is 0 Å². The number of aromatic nitrogens is 1. The van der Waals surface area contributed by atoms with Crippen molar-refractivity contribution in [2.24, 2.45) is 0 Å². The summed E-state index contributed by atoms with van der Waals surface area (Å²) in [7, 11) is 0. The fourth-order valence-electron chi connectivity index (χ4n) is 3.32. The fraction of sp³-hybridized carbons (Fsp3) is 0.333. The standard InChI is InChI=1S/C24H27N3O3/c1-17(2)25-24(28)22-16-29-23(26-22)15-27(19-11-12-19)14-18-7-6-10-21(13-18)30-20-8-4-3-5-9-20/h3-10,13,16-17,19H,11-12,14-15H2,1-2H3,(H,25,28). The van der Waals surface area contributed by atoms with E-state index < -0.39 is 0 Å². The molecule has 1 N–H and O–H groups in total. The van der Waals surface area contributed by atoms with Crippen molar-refractivity contribution < 1.29 is 13.9 Å². The molecule has 1 aliphatic carbocycles. The zero-order valence-corrected chi connectivity index (χ0v) is 17.4. The minimum absolute atomic E-state index is 0.0611. The third-order valence-corrected chi connectivity index (χ3v) is 4.87. The lowest BCUT2D eigenvalue weighted by Gasteiger charge is -2.20. The Bertz CT molecular complexity index is 980. The molecule has 30 heavy (non-hydrogen) atoms. The van der Waals surface area contributed by atoms with Crippen LogP contribution in [-0.2, 0) is 13.1 Å². The Morgan fingerprint density at radius 3 is 2.63 bits per heavy atom. The summed E-state index contributed by atoms with van der Waals surface area (Å²) in [4.78, 5) is 18.8. The van der Waals surface area contributed by atoms with Gasteiger partial charge in [-0.15, -0.1) is 0 Å². The van der Waals surface area contributed by atoms with Gasteiger partial charge in [-0.2, -0.15) is 0 Å². The molecule has 4 rings (SSSR count).